The zero-order valence-corrected chi connectivity index (χ0v) is 12.0. The number of hydrazone groups is 1. The van der Waals surface area contributed by atoms with Gasteiger partial charge in [-0.05, 0) is 36.4 Å². The van der Waals surface area contributed by atoms with Gasteiger partial charge < -0.3 is 9.52 Å². The number of nitrogens with zero attached hydrogens (tertiary/aromatic N) is 1. The Morgan fingerprint density at radius 2 is 2.05 bits per heavy atom. The summed E-state index contributed by atoms with van der Waals surface area (Å²) < 4.78 is 29.4. The van der Waals surface area contributed by atoms with Gasteiger partial charge in [-0.25, -0.2) is 4.79 Å². The van der Waals surface area contributed by atoms with Crippen molar-refractivity contribution in [2.45, 2.75) is 11.5 Å². The Morgan fingerprint density at radius 3 is 2.68 bits per heavy atom. The maximum atomic E-state index is 12.0. The fourth-order valence-corrected chi connectivity index (χ4v) is 1.99. The highest BCUT2D eigenvalue weighted by molar-refractivity contribution is 7.98. The second-order valence-electron chi connectivity index (χ2n) is 4.13. The van der Waals surface area contributed by atoms with Crippen molar-refractivity contribution in [3.63, 3.8) is 0 Å². The maximum absolute atomic E-state index is 12.0. The first-order valence-corrected chi connectivity index (χ1v) is 7.20. The molecule has 0 unspecified atom stereocenters. The van der Waals surface area contributed by atoms with E-state index in [1.54, 1.807) is 24.3 Å². The summed E-state index contributed by atoms with van der Waals surface area (Å²) in [5, 5.41) is 12.7. The average molecular weight is 326 g/mol. The Labute approximate surface area is 129 Å². The lowest BCUT2D eigenvalue weighted by atomic mass is 10.2. The Morgan fingerprint density at radius 1 is 1.32 bits per heavy atom. The Bertz CT molecular complexity index is 656. The van der Waals surface area contributed by atoms with Gasteiger partial charge in [0.05, 0.1) is 23.2 Å². The molecule has 22 heavy (non-hydrogen) atoms. The zero-order valence-electron chi connectivity index (χ0n) is 11.2. The van der Waals surface area contributed by atoms with E-state index in [2.05, 4.69) is 10.5 Å². The molecule has 0 fully saturated rings. The van der Waals surface area contributed by atoms with Gasteiger partial charge >= 0.3 is 5.97 Å². The summed E-state index contributed by atoms with van der Waals surface area (Å²) >= 11 is 0.487. The maximum Gasteiger partial charge on any atom is 0.335 e. The van der Waals surface area contributed by atoms with Gasteiger partial charge in [0.15, 0.2) is 0 Å². The van der Waals surface area contributed by atoms with Gasteiger partial charge in [0, 0.05) is 0 Å². The number of carboxylic acid groups (broad SMARTS) is 1. The summed E-state index contributed by atoms with van der Waals surface area (Å²) in [5.41, 5.74) is 3.50. The molecule has 1 heterocycles. The van der Waals surface area contributed by atoms with E-state index in [9.17, 15) is 13.6 Å². The highest BCUT2D eigenvalue weighted by Gasteiger charge is 2.06. The van der Waals surface area contributed by atoms with Crippen molar-refractivity contribution in [3.05, 3.63) is 53.5 Å². The van der Waals surface area contributed by atoms with Gasteiger partial charge in [0.25, 0.3) is 5.76 Å². The first-order chi connectivity index (χ1) is 10.5. The molecule has 2 N–H and O–H groups in total. The molecule has 0 aliphatic rings. The van der Waals surface area contributed by atoms with Crippen LogP contribution in [0.1, 0.15) is 21.9 Å². The van der Waals surface area contributed by atoms with Crippen LogP contribution < -0.4 is 5.43 Å². The Kier molecular flexibility index (Phi) is 5.54. The number of aromatic carboxylic acids is 1. The van der Waals surface area contributed by atoms with Crippen molar-refractivity contribution in [1.82, 2.24) is 0 Å². The van der Waals surface area contributed by atoms with Crippen LogP contribution in [-0.2, 0) is 5.75 Å². The van der Waals surface area contributed by atoms with Gasteiger partial charge in [0.2, 0.25) is 0 Å². The van der Waals surface area contributed by atoms with Crippen LogP contribution >= 0.6 is 11.8 Å². The van der Waals surface area contributed by atoms with Crippen LogP contribution in [0.15, 0.2) is 45.9 Å². The molecule has 8 heteroatoms. The van der Waals surface area contributed by atoms with E-state index < -0.39 is 11.7 Å². The van der Waals surface area contributed by atoms with Crippen LogP contribution in [0.3, 0.4) is 0 Å². The molecular formula is C14H12F2N2O3S. The molecule has 0 aliphatic heterocycles. The molecule has 0 atom stereocenters. The molecule has 0 radical (unpaired) electrons. The molecule has 0 saturated heterocycles. The molecule has 116 valence electrons. The minimum absolute atomic E-state index is 0.0928. The van der Waals surface area contributed by atoms with Gasteiger partial charge in [0.1, 0.15) is 11.5 Å². The number of nitrogens with one attached hydrogen (secondary N) is 1. The number of furan rings is 1. The molecule has 0 bridgehead atoms. The second kappa shape index (κ2) is 7.60. The van der Waals surface area contributed by atoms with Crippen molar-refractivity contribution in [1.29, 1.82) is 0 Å². The third-order valence-electron chi connectivity index (χ3n) is 2.55. The fourth-order valence-electron chi connectivity index (χ4n) is 1.54. The predicted octanol–water partition coefficient (Wildman–Crippen LogP) is 3.88. The van der Waals surface area contributed by atoms with Gasteiger partial charge in [-0.3, -0.25) is 5.43 Å². The number of hydrogen-bond acceptors (Lipinski definition) is 5. The number of rotatable bonds is 7. The van der Waals surface area contributed by atoms with Crippen LogP contribution in [0.25, 0.3) is 0 Å². The molecule has 1 aromatic heterocycles. The molecule has 1 aromatic carbocycles. The molecule has 0 saturated carbocycles. The van der Waals surface area contributed by atoms with Crippen molar-refractivity contribution < 1.29 is 23.1 Å². The highest BCUT2D eigenvalue weighted by atomic mass is 32.2. The van der Waals surface area contributed by atoms with Crippen molar-refractivity contribution in [3.8, 4) is 0 Å². The number of alkyl halides is 2. The Balaban J connectivity index is 1.88. The number of thioether (sulfide) groups is 1. The van der Waals surface area contributed by atoms with E-state index in [0.717, 1.165) is 0 Å². The normalized spacial score (nSPS) is 11.2. The fraction of sp³-hybridized carbons (Fsp3) is 0.143. The van der Waals surface area contributed by atoms with Crippen LogP contribution in [0.4, 0.5) is 14.5 Å². The smallest absolute Gasteiger partial charge is 0.335 e. The summed E-state index contributed by atoms with van der Waals surface area (Å²) in [4.78, 5) is 10.7. The third-order valence-corrected chi connectivity index (χ3v) is 3.25. The van der Waals surface area contributed by atoms with E-state index in [1.165, 1.54) is 18.3 Å². The molecule has 5 nitrogen and oxygen atoms in total. The summed E-state index contributed by atoms with van der Waals surface area (Å²) in [6.07, 6.45) is 1.40. The van der Waals surface area contributed by atoms with Crippen molar-refractivity contribution in [2.24, 2.45) is 5.10 Å². The minimum Gasteiger partial charge on any atom is -0.478 e. The van der Waals surface area contributed by atoms with Gasteiger partial charge in [-0.2, -0.15) is 13.9 Å². The number of anilines is 1. The van der Waals surface area contributed by atoms with E-state index in [4.69, 9.17) is 9.52 Å². The summed E-state index contributed by atoms with van der Waals surface area (Å²) in [6, 6.07) is 9.29. The third kappa shape index (κ3) is 4.88. The van der Waals surface area contributed by atoms with Crippen LogP contribution in [-0.4, -0.2) is 23.0 Å². The van der Waals surface area contributed by atoms with Crippen LogP contribution in [0.2, 0.25) is 0 Å². The minimum atomic E-state index is -2.43. The quantitative estimate of drug-likeness (QED) is 0.596. The first-order valence-electron chi connectivity index (χ1n) is 6.15. The lowest BCUT2D eigenvalue weighted by Crippen LogP contribution is -1.96. The summed E-state index contributed by atoms with van der Waals surface area (Å²) in [6.45, 7) is 0. The first kappa shape index (κ1) is 16.0. The van der Waals surface area contributed by atoms with E-state index in [-0.39, 0.29) is 11.3 Å². The number of carboxylic acids is 1. The highest BCUT2D eigenvalue weighted by Crippen LogP contribution is 2.20. The van der Waals surface area contributed by atoms with Gasteiger partial charge in [-0.15, -0.1) is 0 Å². The van der Waals surface area contributed by atoms with E-state index in [1.807, 2.05) is 0 Å². The van der Waals surface area contributed by atoms with E-state index >= 15 is 0 Å². The second-order valence-corrected chi connectivity index (χ2v) is 5.11. The zero-order chi connectivity index (χ0) is 15.9. The number of hydrogen-bond donors (Lipinski definition) is 2. The topological polar surface area (TPSA) is 74.8 Å². The molecule has 0 spiro atoms. The lowest BCUT2D eigenvalue weighted by Gasteiger charge is -2.00. The number of carbonyl (C=O) groups is 1. The van der Waals surface area contributed by atoms with Crippen LogP contribution in [0.5, 0.6) is 0 Å². The SMILES string of the molecule is O=C(O)c1ccc(N/N=C\c2ccc(CSC(F)F)o2)cc1. The van der Waals surface area contributed by atoms with Crippen LogP contribution in [0, 0.1) is 0 Å². The monoisotopic (exact) mass is 326 g/mol. The molecular weight excluding hydrogens is 314 g/mol. The lowest BCUT2D eigenvalue weighted by molar-refractivity contribution is 0.0697. The van der Waals surface area contributed by atoms with E-state index in [0.29, 0.717) is 29.0 Å². The number of benzene rings is 1. The Hall–Kier alpha value is -2.35. The standard InChI is InChI=1S/C14H12F2N2O3S/c15-14(16)22-8-12-6-5-11(21-12)7-17-18-10-3-1-9(2-4-10)13(19)20/h1-7,14,18H,8H2,(H,19,20)/b17-7-. The number of halogens is 2. The molecule has 2 aromatic rings. The summed E-state index contributed by atoms with van der Waals surface area (Å²) in [5.74, 6) is -2.47. The molecule has 2 rings (SSSR count). The molecule has 0 aliphatic carbocycles. The average Bonchev–Trinajstić information content (AvgIpc) is 2.93. The summed E-state index contributed by atoms with van der Waals surface area (Å²) in [7, 11) is 0. The predicted molar refractivity (Wildman–Crippen MR) is 80.6 cm³/mol. The largest absolute Gasteiger partial charge is 0.478 e. The van der Waals surface area contributed by atoms with Gasteiger partial charge in [-0.1, -0.05) is 11.8 Å². The van der Waals surface area contributed by atoms with Crippen molar-refractivity contribution in [2.75, 3.05) is 5.43 Å². The van der Waals surface area contributed by atoms with Crippen molar-refractivity contribution >= 4 is 29.6 Å². The molecule has 0 amide bonds.